The maximum Gasteiger partial charge on any atom is 0.415 e. The lowest BCUT2D eigenvalue weighted by atomic mass is 9.92. The minimum Gasteiger partial charge on any atom is -0.450 e. The topological polar surface area (TPSA) is 141 Å². The number of rotatable bonds is 14. The van der Waals surface area contributed by atoms with Crippen molar-refractivity contribution in [2.45, 2.75) is 71.1 Å². The number of esters is 2. The maximum absolute atomic E-state index is 13.1. The number of nitrogens with zero attached hydrogens (tertiary/aromatic N) is 6. The summed E-state index contributed by atoms with van der Waals surface area (Å²) in [6.07, 6.45) is 11.9. The summed E-state index contributed by atoms with van der Waals surface area (Å²) >= 11 is 1.65. The van der Waals surface area contributed by atoms with Gasteiger partial charge >= 0.3 is 24.1 Å². The Morgan fingerprint density at radius 3 is 1.27 bits per heavy atom. The largest absolute Gasteiger partial charge is 0.450 e. The van der Waals surface area contributed by atoms with E-state index in [0.717, 1.165) is 146 Å². The Labute approximate surface area is 713 Å². The van der Waals surface area contributed by atoms with Crippen LogP contribution in [-0.2, 0) is 41.4 Å². The summed E-state index contributed by atoms with van der Waals surface area (Å²) in [4.78, 5) is 55.7. The number of thioether (sulfide) groups is 1. The van der Waals surface area contributed by atoms with E-state index in [1.165, 1.54) is 28.3 Å². The Hall–Kier alpha value is -14.6. The van der Waals surface area contributed by atoms with Crippen LogP contribution in [0.25, 0.3) is 111 Å². The number of carbonyl (C=O) groups is 4. The molecule has 16 heteroatoms. The highest BCUT2D eigenvalue weighted by Crippen LogP contribution is 2.49. The molecule has 0 spiro atoms. The molecule has 0 N–H and O–H groups in total. The van der Waals surface area contributed by atoms with E-state index in [0.29, 0.717) is 66.9 Å². The highest BCUT2D eigenvalue weighted by molar-refractivity contribution is 8.08. The molecule has 15 nitrogen and oxygen atoms in total. The average molecular weight is 1620 g/mol. The molecule has 604 valence electrons. The number of ether oxygens (including phenoxy) is 5. The van der Waals surface area contributed by atoms with Crippen LogP contribution in [0.5, 0.6) is 5.75 Å². The third kappa shape index (κ3) is 16.2. The quantitative estimate of drug-likeness (QED) is 0.0587. The number of unbranched alkanes of at least 4 members (excludes halogenated alkanes) is 2. The normalized spacial score (nSPS) is 12.8. The number of hydrogen-bond acceptors (Lipinski definition) is 10. The van der Waals surface area contributed by atoms with Gasteiger partial charge in [0.1, 0.15) is 0 Å². The smallest absolute Gasteiger partial charge is 0.415 e. The number of allylic oxidation sites excluding steroid dienone is 2. The van der Waals surface area contributed by atoms with Crippen molar-refractivity contribution in [1.82, 2.24) is 28.1 Å². The summed E-state index contributed by atoms with van der Waals surface area (Å²) in [5, 5.41) is 9.06. The number of carbonyl (C=O) groups excluding carboxylic acids is 4. The van der Waals surface area contributed by atoms with Gasteiger partial charge in [-0.3, -0.25) is 9.59 Å². The highest BCUT2D eigenvalue weighted by Gasteiger charge is 2.33. The van der Waals surface area contributed by atoms with Gasteiger partial charge in [-0.2, -0.15) is 0 Å². The van der Waals surface area contributed by atoms with Gasteiger partial charge in [0.2, 0.25) is 0 Å². The summed E-state index contributed by atoms with van der Waals surface area (Å²) < 4.78 is 38.9. The van der Waals surface area contributed by atoms with Crippen molar-refractivity contribution in [3.05, 3.63) is 396 Å². The van der Waals surface area contributed by atoms with Crippen LogP contribution in [-0.4, -0.2) is 79.4 Å². The Morgan fingerprint density at radius 2 is 0.762 bits per heavy atom. The molecular weight excluding hydrogens is 1530 g/mol. The number of amides is 2. The van der Waals surface area contributed by atoms with Crippen molar-refractivity contribution in [3.63, 3.8) is 0 Å². The summed E-state index contributed by atoms with van der Waals surface area (Å²) in [5.74, 6) is 2.98. The fraction of sp³-hybridized carbons (Fsp3) is 0.132. The van der Waals surface area contributed by atoms with Gasteiger partial charge in [-0.25, -0.2) is 9.59 Å². The molecule has 12 aromatic carbocycles. The molecule has 0 unspecified atom stereocenters. The van der Waals surface area contributed by atoms with E-state index in [1.807, 2.05) is 201 Å². The molecule has 0 atom stereocenters. The predicted molar refractivity (Wildman–Crippen MR) is 492 cm³/mol. The summed E-state index contributed by atoms with van der Waals surface area (Å²) in [5.41, 5.74) is 16.2. The molecule has 20 rings (SSSR count). The zero-order chi connectivity index (χ0) is 83.7. The van der Waals surface area contributed by atoms with Gasteiger partial charge in [0, 0.05) is 117 Å². The van der Waals surface area contributed by atoms with Crippen molar-refractivity contribution in [2.24, 2.45) is 0 Å². The SMILES string of the molecule is CC(=O)OC1=C(c2cccc3ccccc23)Cc2ccccc2-n2cccc21.CCCCCC(=O)OC1=C(c2cccc3ccccc23)Oc2ccccc2-n2cccc21.CCN(CC)C(=O)OC1=C(c2cccc3ccccc23)Sc2ccccc2-n2cccc21.CN(C)C(=O)OC1=C(c2cccc3ccccc23)Cc2ccccc2-n2cccc21. The Morgan fingerprint density at radius 1 is 0.369 bits per heavy atom. The number of para-hydroxylation sites is 5. The lowest BCUT2D eigenvalue weighted by Crippen LogP contribution is -2.31. The molecule has 0 bridgehead atoms. The Kier molecular flexibility index (Phi) is 23.5. The minimum atomic E-state index is -0.388. The molecule has 4 aliphatic heterocycles. The van der Waals surface area contributed by atoms with Crippen LogP contribution in [0.15, 0.2) is 345 Å². The third-order valence-electron chi connectivity index (χ3n) is 22.3. The van der Waals surface area contributed by atoms with E-state index in [4.69, 9.17) is 23.7 Å². The number of fused-ring (bicyclic) bond motifs is 16. The van der Waals surface area contributed by atoms with E-state index in [1.54, 1.807) is 30.8 Å². The third-order valence-corrected chi connectivity index (χ3v) is 23.5. The predicted octanol–water partition coefficient (Wildman–Crippen LogP) is 25.4. The standard InChI is InChI=1S/C28H25NO3.C27H24N2O2S.C26H22N2O2.C25H19NO2/c1-2-3-4-18-26(30)32-28-24-16-10-19-29(24)23-15-7-8-17-25(23)31-27(28)22-14-9-12-20-11-5-6-13-21(20)22;1-3-28(4-2)27(30)31-25-23-16-10-18-29(23)22-15-7-8-17-24(22)32-26(25)21-14-9-12-19-11-5-6-13-20(19)21;1-27(2)26(29)30-25-22(21-13-7-11-18-9-3-5-12-20(18)21)17-19-10-4-6-14-23(19)28-16-8-15-24(25)28;1-17(27)28-25-22(21-12-6-10-18-8-2-4-11-20(18)21)16-19-9-3-5-13-23(19)26-15-7-14-24(25)26/h5-17,19H,2-4,18H2,1H3;5-18H,3-4H2,1-2H3;3-16H,17H2,1-2H3;2-15H,16H2,1H3. The first-order chi connectivity index (χ1) is 59.8. The lowest BCUT2D eigenvalue weighted by Gasteiger charge is -2.21. The van der Waals surface area contributed by atoms with Crippen LogP contribution in [0, 0.1) is 0 Å². The second-order valence-electron chi connectivity index (χ2n) is 30.2. The summed E-state index contributed by atoms with van der Waals surface area (Å²) in [7, 11) is 3.40. The molecule has 0 saturated carbocycles. The lowest BCUT2D eigenvalue weighted by molar-refractivity contribution is -0.137. The highest BCUT2D eigenvalue weighted by atomic mass is 32.2. The molecule has 0 fully saturated rings. The van der Waals surface area contributed by atoms with E-state index < -0.39 is 0 Å². The molecule has 2 amide bonds. The molecule has 0 saturated heterocycles. The molecule has 4 aromatic heterocycles. The Bertz CT molecular complexity index is 6800. The number of aromatic nitrogens is 4. The first kappa shape index (κ1) is 79.8. The molecule has 0 radical (unpaired) electrons. The zero-order valence-electron chi connectivity index (χ0n) is 68.8. The van der Waals surface area contributed by atoms with Crippen LogP contribution < -0.4 is 4.74 Å². The molecule has 8 heterocycles. The van der Waals surface area contributed by atoms with Crippen molar-refractivity contribution in [2.75, 3.05) is 27.2 Å². The fourth-order valence-electron chi connectivity index (χ4n) is 16.5. The first-order valence-electron chi connectivity index (χ1n) is 41.4. The molecule has 0 aliphatic carbocycles. The van der Waals surface area contributed by atoms with Crippen LogP contribution >= 0.6 is 11.8 Å². The van der Waals surface area contributed by atoms with Crippen molar-refractivity contribution < 1.29 is 42.9 Å². The minimum absolute atomic E-state index is 0.242. The van der Waals surface area contributed by atoms with Crippen LogP contribution in [0.4, 0.5) is 9.59 Å². The van der Waals surface area contributed by atoms with Gasteiger partial charge in [-0.1, -0.05) is 262 Å². The van der Waals surface area contributed by atoms with Crippen molar-refractivity contribution >= 4 is 124 Å². The van der Waals surface area contributed by atoms with Gasteiger partial charge in [0.25, 0.3) is 0 Å². The number of hydrogen-bond donors (Lipinski definition) is 0. The first-order valence-corrected chi connectivity index (χ1v) is 42.2. The van der Waals surface area contributed by atoms with Gasteiger partial charge in [-0.05, 0) is 171 Å². The van der Waals surface area contributed by atoms with Crippen LogP contribution in [0.2, 0.25) is 0 Å². The second-order valence-corrected chi connectivity index (χ2v) is 31.2. The van der Waals surface area contributed by atoms with Gasteiger partial charge in [0.05, 0.1) is 39.1 Å². The zero-order valence-corrected chi connectivity index (χ0v) is 69.6. The summed E-state index contributed by atoms with van der Waals surface area (Å²) in [6.45, 7) is 8.70. The Balaban J connectivity index is 0.000000116. The van der Waals surface area contributed by atoms with Gasteiger partial charge in [-0.15, -0.1) is 0 Å². The number of benzene rings is 12. The van der Waals surface area contributed by atoms with E-state index in [9.17, 15) is 19.2 Å². The monoisotopic (exact) mass is 1620 g/mol. The summed E-state index contributed by atoms with van der Waals surface area (Å²) in [6, 6.07) is 107. The van der Waals surface area contributed by atoms with E-state index >= 15 is 0 Å². The van der Waals surface area contributed by atoms with Gasteiger partial charge in [0.15, 0.2) is 34.5 Å². The van der Waals surface area contributed by atoms with Gasteiger partial charge < -0.3 is 51.8 Å². The molecule has 4 aliphatic rings. The second kappa shape index (κ2) is 35.9. The average Bonchev–Trinajstić information content (AvgIpc) is 1.38. The van der Waals surface area contributed by atoms with E-state index in [-0.39, 0.29) is 24.1 Å². The molecular formula is C106H90N6O9S. The molecule has 16 aromatic rings. The maximum atomic E-state index is 13.1. The van der Waals surface area contributed by atoms with Crippen molar-refractivity contribution in [1.29, 1.82) is 0 Å². The molecule has 122 heavy (non-hydrogen) atoms. The van der Waals surface area contributed by atoms with Crippen LogP contribution in [0.1, 0.15) is 110 Å². The van der Waals surface area contributed by atoms with E-state index in [2.05, 4.69) is 178 Å². The van der Waals surface area contributed by atoms with Crippen molar-refractivity contribution in [3.8, 4) is 28.5 Å². The van der Waals surface area contributed by atoms with Crippen LogP contribution in [0.3, 0.4) is 0 Å². The fourth-order valence-corrected chi connectivity index (χ4v) is 17.6.